The molecule has 0 aliphatic carbocycles. The normalized spacial score (nSPS) is 10.3. The Morgan fingerprint density at radius 3 is 1.94 bits per heavy atom. The van der Waals surface area contributed by atoms with Crippen LogP contribution in [0, 0.1) is 11.3 Å². The van der Waals surface area contributed by atoms with E-state index in [1.54, 1.807) is 18.2 Å². The van der Waals surface area contributed by atoms with Crippen LogP contribution in [0.1, 0.15) is 41.6 Å². The summed E-state index contributed by atoms with van der Waals surface area (Å²) in [4.78, 5) is 12.0. The van der Waals surface area contributed by atoms with Crippen LogP contribution in [0.2, 0.25) is 0 Å². The Hall–Kier alpha value is -3.98. The van der Waals surface area contributed by atoms with Crippen LogP contribution in [-0.2, 0) is 4.74 Å². The molecule has 164 valence electrons. The van der Waals surface area contributed by atoms with E-state index in [1.807, 2.05) is 48.5 Å². The number of carbonyl (C=O) groups is 1. The van der Waals surface area contributed by atoms with Gasteiger partial charge in [0.2, 0.25) is 0 Å². The molecule has 6 heteroatoms. The fraction of sp³-hybridized carbons (Fsp3) is 0.231. The molecule has 0 heterocycles. The van der Waals surface area contributed by atoms with Crippen LogP contribution in [0.15, 0.2) is 66.7 Å². The number of nitrogen functional groups attached to an aromatic ring is 2. The monoisotopic (exact) mass is 429 g/mol. The zero-order chi connectivity index (χ0) is 22.8. The molecule has 0 amide bonds. The third-order valence-corrected chi connectivity index (χ3v) is 4.96. The van der Waals surface area contributed by atoms with E-state index in [1.165, 1.54) is 0 Å². The van der Waals surface area contributed by atoms with Crippen molar-refractivity contribution in [2.24, 2.45) is 0 Å². The highest BCUT2D eigenvalue weighted by atomic mass is 16.5. The Morgan fingerprint density at radius 1 is 0.781 bits per heavy atom. The number of nitrogens with two attached hydrogens (primary N) is 2. The van der Waals surface area contributed by atoms with Gasteiger partial charge in [0, 0.05) is 11.4 Å². The van der Waals surface area contributed by atoms with Crippen molar-refractivity contribution in [3.8, 4) is 22.9 Å². The molecule has 0 aromatic heterocycles. The highest BCUT2D eigenvalue weighted by Crippen LogP contribution is 2.23. The quantitative estimate of drug-likeness (QED) is 0.261. The number of nitrogens with zero attached hydrogens (tertiary/aromatic N) is 1. The summed E-state index contributed by atoms with van der Waals surface area (Å²) in [5, 5.41) is 8.89. The smallest absolute Gasteiger partial charge is 0.338 e. The van der Waals surface area contributed by atoms with Gasteiger partial charge in [0.15, 0.2) is 0 Å². The summed E-state index contributed by atoms with van der Waals surface area (Å²) in [5.41, 5.74) is 15.5. The summed E-state index contributed by atoms with van der Waals surface area (Å²) < 4.78 is 11.1. The van der Waals surface area contributed by atoms with Crippen molar-refractivity contribution >= 4 is 17.3 Å². The average Bonchev–Trinajstić information content (AvgIpc) is 2.80. The van der Waals surface area contributed by atoms with Crippen LogP contribution in [0.3, 0.4) is 0 Å². The Morgan fingerprint density at radius 2 is 1.34 bits per heavy atom. The first-order chi connectivity index (χ1) is 15.5. The average molecular weight is 430 g/mol. The minimum absolute atomic E-state index is 0.366. The van der Waals surface area contributed by atoms with Gasteiger partial charge < -0.3 is 20.9 Å². The van der Waals surface area contributed by atoms with Crippen molar-refractivity contribution in [3.63, 3.8) is 0 Å². The number of esters is 1. The van der Waals surface area contributed by atoms with Gasteiger partial charge in [-0.05, 0) is 79.3 Å². The molecule has 0 bridgehead atoms. The van der Waals surface area contributed by atoms with E-state index in [9.17, 15) is 4.79 Å². The summed E-state index contributed by atoms with van der Waals surface area (Å²) in [7, 11) is 0. The number of hydrogen-bond donors (Lipinski definition) is 2. The maximum absolute atomic E-state index is 12.0. The van der Waals surface area contributed by atoms with E-state index in [4.69, 9.17) is 26.2 Å². The third-order valence-electron chi connectivity index (χ3n) is 4.96. The van der Waals surface area contributed by atoms with Gasteiger partial charge in [-0.15, -0.1) is 0 Å². The van der Waals surface area contributed by atoms with Crippen molar-refractivity contribution in [2.75, 3.05) is 24.7 Å². The lowest BCUT2D eigenvalue weighted by molar-refractivity contribution is 0.0497. The molecule has 4 N–H and O–H groups in total. The highest BCUT2D eigenvalue weighted by Gasteiger charge is 2.08. The van der Waals surface area contributed by atoms with Crippen LogP contribution in [0.4, 0.5) is 11.4 Å². The molecule has 0 aliphatic heterocycles. The summed E-state index contributed by atoms with van der Waals surface area (Å²) in [5.74, 6) is 0.425. The summed E-state index contributed by atoms with van der Waals surface area (Å²) in [6, 6.07) is 22.3. The van der Waals surface area contributed by atoms with Crippen molar-refractivity contribution in [3.05, 3.63) is 77.9 Å². The molecule has 6 nitrogen and oxygen atoms in total. The standard InChI is InChI=1S/C26H27N3O3/c27-18-19-5-7-20(8-6-19)21-9-11-25(12-10-21)31-13-3-1-2-4-14-32-26(30)22-15-23(28)17-24(29)16-22/h5-12,15-17H,1-4,13-14,28-29H2. The number of hydrogen-bond acceptors (Lipinski definition) is 6. The topological polar surface area (TPSA) is 111 Å². The first-order valence-corrected chi connectivity index (χ1v) is 10.6. The largest absolute Gasteiger partial charge is 0.494 e. The van der Waals surface area contributed by atoms with E-state index >= 15 is 0 Å². The summed E-state index contributed by atoms with van der Waals surface area (Å²) in [6.07, 6.45) is 3.67. The molecular formula is C26H27N3O3. The number of rotatable bonds is 10. The van der Waals surface area contributed by atoms with E-state index < -0.39 is 5.97 Å². The first kappa shape index (κ1) is 22.7. The van der Waals surface area contributed by atoms with Gasteiger partial charge in [0.1, 0.15) is 5.75 Å². The van der Waals surface area contributed by atoms with Crippen LogP contribution < -0.4 is 16.2 Å². The van der Waals surface area contributed by atoms with Crippen LogP contribution in [0.5, 0.6) is 5.75 Å². The van der Waals surface area contributed by atoms with Crippen LogP contribution in [0.25, 0.3) is 11.1 Å². The van der Waals surface area contributed by atoms with Crippen molar-refractivity contribution in [1.82, 2.24) is 0 Å². The predicted molar refractivity (Wildman–Crippen MR) is 126 cm³/mol. The molecule has 0 unspecified atom stereocenters. The second-order valence-electron chi connectivity index (χ2n) is 7.50. The molecule has 0 radical (unpaired) electrons. The second-order valence-corrected chi connectivity index (χ2v) is 7.50. The van der Waals surface area contributed by atoms with E-state index in [2.05, 4.69) is 6.07 Å². The maximum atomic E-state index is 12.0. The highest BCUT2D eigenvalue weighted by molar-refractivity contribution is 5.91. The van der Waals surface area contributed by atoms with Gasteiger partial charge in [0.25, 0.3) is 0 Å². The van der Waals surface area contributed by atoms with Crippen molar-refractivity contribution in [1.29, 1.82) is 5.26 Å². The van der Waals surface area contributed by atoms with Gasteiger partial charge in [0.05, 0.1) is 30.4 Å². The van der Waals surface area contributed by atoms with Crippen molar-refractivity contribution < 1.29 is 14.3 Å². The SMILES string of the molecule is N#Cc1ccc(-c2ccc(OCCCCCCOC(=O)c3cc(N)cc(N)c3)cc2)cc1. The number of nitriles is 1. The molecule has 0 spiro atoms. The molecular weight excluding hydrogens is 402 g/mol. The Balaban J connectivity index is 1.29. The van der Waals surface area contributed by atoms with Gasteiger partial charge >= 0.3 is 5.97 Å². The molecule has 0 saturated heterocycles. The maximum Gasteiger partial charge on any atom is 0.338 e. The molecule has 0 atom stereocenters. The zero-order valence-corrected chi connectivity index (χ0v) is 17.9. The second kappa shape index (κ2) is 11.4. The number of ether oxygens (including phenoxy) is 2. The summed E-state index contributed by atoms with van der Waals surface area (Å²) in [6.45, 7) is 1.00. The molecule has 0 saturated carbocycles. The zero-order valence-electron chi connectivity index (χ0n) is 17.9. The predicted octanol–water partition coefficient (Wildman–Crippen LogP) is 5.19. The molecule has 0 fully saturated rings. The molecule has 3 rings (SSSR count). The lowest BCUT2D eigenvalue weighted by Gasteiger charge is -2.08. The van der Waals surface area contributed by atoms with E-state index in [-0.39, 0.29) is 0 Å². The number of carbonyl (C=O) groups excluding carboxylic acids is 1. The van der Waals surface area contributed by atoms with Gasteiger partial charge in [-0.3, -0.25) is 0 Å². The minimum Gasteiger partial charge on any atom is -0.494 e. The Bertz CT molecular complexity index is 1050. The number of benzene rings is 3. The van der Waals surface area contributed by atoms with Crippen molar-refractivity contribution in [2.45, 2.75) is 25.7 Å². The third kappa shape index (κ3) is 6.78. The number of unbranched alkanes of at least 4 members (excludes halogenated alkanes) is 3. The minimum atomic E-state index is -0.406. The van der Waals surface area contributed by atoms with Crippen LogP contribution in [-0.4, -0.2) is 19.2 Å². The fourth-order valence-electron chi connectivity index (χ4n) is 3.27. The van der Waals surface area contributed by atoms with Gasteiger partial charge in [-0.25, -0.2) is 4.79 Å². The van der Waals surface area contributed by atoms with E-state index in [0.29, 0.717) is 35.7 Å². The Labute approximate surface area is 188 Å². The molecule has 3 aromatic carbocycles. The number of anilines is 2. The van der Waals surface area contributed by atoms with E-state index in [0.717, 1.165) is 42.6 Å². The molecule has 3 aromatic rings. The molecule has 0 aliphatic rings. The first-order valence-electron chi connectivity index (χ1n) is 10.6. The molecule has 32 heavy (non-hydrogen) atoms. The lowest BCUT2D eigenvalue weighted by atomic mass is 10.0. The van der Waals surface area contributed by atoms with Gasteiger partial charge in [-0.2, -0.15) is 5.26 Å². The Kier molecular flexibility index (Phi) is 8.10. The summed E-state index contributed by atoms with van der Waals surface area (Å²) >= 11 is 0. The van der Waals surface area contributed by atoms with Gasteiger partial charge in [-0.1, -0.05) is 24.3 Å². The fourth-order valence-corrected chi connectivity index (χ4v) is 3.27. The van der Waals surface area contributed by atoms with Crippen LogP contribution >= 0.6 is 0 Å². The lowest BCUT2D eigenvalue weighted by Crippen LogP contribution is -2.08.